The molecule has 0 radical (unpaired) electrons. The Morgan fingerprint density at radius 2 is 2.11 bits per heavy atom. The van der Waals surface area contributed by atoms with Gasteiger partial charge in [0.1, 0.15) is 4.88 Å². The van der Waals surface area contributed by atoms with Gasteiger partial charge < -0.3 is 15.0 Å². The standard InChI is InChI=1S/C13H23N3O2S/c1-9-10(11(17)18-6)19-12(15-9)14-7-13(2,3)8-16(4)5/h7-8H2,1-6H3,(H,14,15). The molecule has 0 unspecified atom stereocenters. The van der Waals surface area contributed by atoms with Gasteiger partial charge in [-0.1, -0.05) is 25.2 Å². The Kier molecular flexibility index (Phi) is 5.31. The summed E-state index contributed by atoms with van der Waals surface area (Å²) in [6.07, 6.45) is 0. The molecule has 0 aliphatic heterocycles. The first kappa shape index (κ1) is 15.9. The van der Waals surface area contributed by atoms with Crippen molar-refractivity contribution in [1.29, 1.82) is 0 Å². The number of thiazole rings is 1. The van der Waals surface area contributed by atoms with Crippen LogP contribution in [0.5, 0.6) is 0 Å². The second-order valence-electron chi connectivity index (χ2n) is 5.68. The summed E-state index contributed by atoms with van der Waals surface area (Å²) in [6, 6.07) is 0. The molecule has 0 aromatic carbocycles. The normalized spacial score (nSPS) is 11.7. The lowest BCUT2D eigenvalue weighted by atomic mass is 9.93. The van der Waals surface area contributed by atoms with E-state index in [2.05, 4.69) is 43.1 Å². The zero-order chi connectivity index (χ0) is 14.6. The van der Waals surface area contributed by atoms with Crippen LogP contribution in [-0.2, 0) is 4.74 Å². The van der Waals surface area contributed by atoms with Gasteiger partial charge in [0.05, 0.1) is 12.8 Å². The number of hydrogen-bond acceptors (Lipinski definition) is 6. The summed E-state index contributed by atoms with van der Waals surface area (Å²) in [5.74, 6) is -0.324. The predicted octanol–water partition coefficient (Wildman–Crippen LogP) is 2.24. The molecule has 19 heavy (non-hydrogen) atoms. The molecule has 1 aromatic heterocycles. The molecule has 0 aliphatic rings. The highest BCUT2D eigenvalue weighted by molar-refractivity contribution is 7.17. The van der Waals surface area contributed by atoms with Crippen LogP contribution in [0.4, 0.5) is 5.13 Å². The fraction of sp³-hybridized carbons (Fsp3) is 0.692. The predicted molar refractivity (Wildman–Crippen MR) is 79.0 cm³/mol. The van der Waals surface area contributed by atoms with Crippen LogP contribution in [-0.4, -0.2) is 50.1 Å². The second kappa shape index (κ2) is 6.34. The minimum absolute atomic E-state index is 0.133. The third kappa shape index (κ3) is 4.80. The van der Waals surface area contributed by atoms with Gasteiger partial charge >= 0.3 is 5.97 Å². The molecule has 1 N–H and O–H groups in total. The molecular weight excluding hydrogens is 262 g/mol. The third-order valence-electron chi connectivity index (χ3n) is 2.63. The first-order valence-electron chi connectivity index (χ1n) is 6.19. The van der Waals surface area contributed by atoms with Crippen molar-refractivity contribution in [2.75, 3.05) is 39.6 Å². The maximum atomic E-state index is 11.5. The Hall–Kier alpha value is -1.14. The number of anilines is 1. The maximum Gasteiger partial charge on any atom is 0.350 e. The van der Waals surface area contributed by atoms with E-state index in [1.54, 1.807) is 0 Å². The number of rotatable bonds is 6. The number of ether oxygens (including phenoxy) is 1. The summed E-state index contributed by atoms with van der Waals surface area (Å²) in [4.78, 5) is 18.6. The smallest absolute Gasteiger partial charge is 0.350 e. The van der Waals surface area contributed by atoms with Crippen molar-refractivity contribution >= 4 is 22.4 Å². The van der Waals surface area contributed by atoms with Crippen LogP contribution in [0.3, 0.4) is 0 Å². The van der Waals surface area contributed by atoms with Gasteiger partial charge in [-0.2, -0.15) is 0 Å². The lowest BCUT2D eigenvalue weighted by Gasteiger charge is -2.28. The van der Waals surface area contributed by atoms with E-state index in [1.807, 2.05) is 6.92 Å². The summed E-state index contributed by atoms with van der Waals surface area (Å²) in [5, 5.41) is 4.07. The number of hydrogen-bond donors (Lipinski definition) is 1. The molecular formula is C13H23N3O2S. The molecule has 0 saturated carbocycles. The van der Waals surface area contributed by atoms with Crippen molar-refractivity contribution in [3.63, 3.8) is 0 Å². The van der Waals surface area contributed by atoms with E-state index in [0.29, 0.717) is 10.6 Å². The molecule has 6 heteroatoms. The first-order chi connectivity index (χ1) is 8.75. The molecule has 0 spiro atoms. The van der Waals surface area contributed by atoms with Crippen molar-refractivity contribution in [2.24, 2.45) is 5.41 Å². The number of aromatic nitrogens is 1. The average Bonchev–Trinajstić information content (AvgIpc) is 2.65. The Labute approximate surface area is 119 Å². The fourth-order valence-electron chi connectivity index (χ4n) is 1.98. The van der Waals surface area contributed by atoms with Crippen LogP contribution in [0.2, 0.25) is 0 Å². The van der Waals surface area contributed by atoms with Crippen molar-refractivity contribution < 1.29 is 9.53 Å². The quantitative estimate of drug-likeness (QED) is 0.812. The van der Waals surface area contributed by atoms with Gasteiger partial charge in [-0.05, 0) is 26.4 Å². The number of nitrogens with one attached hydrogen (secondary N) is 1. The molecule has 0 saturated heterocycles. The monoisotopic (exact) mass is 285 g/mol. The summed E-state index contributed by atoms with van der Waals surface area (Å²) < 4.78 is 4.73. The van der Waals surface area contributed by atoms with Crippen molar-refractivity contribution in [1.82, 2.24) is 9.88 Å². The highest BCUT2D eigenvalue weighted by Gasteiger charge is 2.21. The highest BCUT2D eigenvalue weighted by Crippen LogP contribution is 2.25. The summed E-state index contributed by atoms with van der Waals surface area (Å²) in [6.45, 7) is 8.00. The van der Waals surface area contributed by atoms with Gasteiger partial charge in [0, 0.05) is 13.1 Å². The van der Waals surface area contributed by atoms with Gasteiger partial charge in [-0.15, -0.1) is 0 Å². The number of aryl methyl sites for hydroxylation is 1. The van der Waals surface area contributed by atoms with E-state index in [-0.39, 0.29) is 11.4 Å². The van der Waals surface area contributed by atoms with Gasteiger partial charge in [-0.3, -0.25) is 0 Å². The zero-order valence-electron chi connectivity index (χ0n) is 12.5. The largest absolute Gasteiger partial charge is 0.465 e. The minimum atomic E-state index is -0.324. The van der Waals surface area contributed by atoms with E-state index in [4.69, 9.17) is 4.74 Å². The molecule has 108 valence electrons. The Morgan fingerprint density at radius 1 is 1.47 bits per heavy atom. The topological polar surface area (TPSA) is 54.5 Å². The molecule has 0 fully saturated rings. The molecule has 1 heterocycles. The van der Waals surface area contributed by atoms with E-state index >= 15 is 0 Å². The first-order valence-corrected chi connectivity index (χ1v) is 7.01. The van der Waals surface area contributed by atoms with Gasteiger partial charge in [0.25, 0.3) is 0 Å². The van der Waals surface area contributed by atoms with Crippen LogP contribution in [0.1, 0.15) is 29.2 Å². The molecule has 0 aliphatic carbocycles. The maximum absolute atomic E-state index is 11.5. The van der Waals surface area contributed by atoms with Crippen molar-refractivity contribution in [3.05, 3.63) is 10.6 Å². The third-order valence-corrected chi connectivity index (χ3v) is 3.72. The van der Waals surface area contributed by atoms with Crippen LogP contribution in [0.15, 0.2) is 0 Å². The SMILES string of the molecule is COC(=O)c1sc(NCC(C)(C)CN(C)C)nc1C. The molecule has 0 atom stereocenters. The lowest BCUT2D eigenvalue weighted by molar-refractivity contribution is 0.0605. The van der Waals surface area contributed by atoms with Crippen LogP contribution < -0.4 is 5.32 Å². The molecule has 1 aromatic rings. The summed E-state index contributed by atoms with van der Waals surface area (Å²) in [5.41, 5.74) is 0.846. The molecule has 0 bridgehead atoms. The van der Waals surface area contributed by atoms with Gasteiger partial charge in [0.2, 0.25) is 0 Å². The van der Waals surface area contributed by atoms with E-state index < -0.39 is 0 Å². The van der Waals surface area contributed by atoms with E-state index in [0.717, 1.165) is 18.2 Å². The van der Waals surface area contributed by atoms with Crippen LogP contribution >= 0.6 is 11.3 Å². The Balaban J connectivity index is 2.66. The van der Waals surface area contributed by atoms with Crippen molar-refractivity contribution in [2.45, 2.75) is 20.8 Å². The number of esters is 1. The zero-order valence-corrected chi connectivity index (χ0v) is 13.3. The van der Waals surface area contributed by atoms with Gasteiger partial charge in [-0.25, -0.2) is 9.78 Å². The van der Waals surface area contributed by atoms with E-state index in [1.165, 1.54) is 18.4 Å². The minimum Gasteiger partial charge on any atom is -0.465 e. The molecule has 0 amide bonds. The lowest BCUT2D eigenvalue weighted by Crippen LogP contribution is -2.34. The van der Waals surface area contributed by atoms with Crippen LogP contribution in [0, 0.1) is 12.3 Å². The molecule has 5 nitrogen and oxygen atoms in total. The fourth-order valence-corrected chi connectivity index (χ4v) is 2.86. The number of carbonyl (C=O) groups excluding carboxylic acids is 1. The molecule has 1 rings (SSSR count). The van der Waals surface area contributed by atoms with Gasteiger partial charge in [0.15, 0.2) is 5.13 Å². The number of nitrogens with zero attached hydrogens (tertiary/aromatic N) is 2. The Morgan fingerprint density at radius 3 is 2.63 bits per heavy atom. The second-order valence-corrected chi connectivity index (χ2v) is 6.68. The van der Waals surface area contributed by atoms with Crippen LogP contribution in [0.25, 0.3) is 0 Å². The average molecular weight is 285 g/mol. The number of methoxy groups -OCH3 is 1. The summed E-state index contributed by atoms with van der Waals surface area (Å²) >= 11 is 1.34. The number of carbonyl (C=O) groups is 1. The Bertz CT molecular complexity index is 441. The highest BCUT2D eigenvalue weighted by atomic mass is 32.1. The summed E-state index contributed by atoms with van der Waals surface area (Å²) in [7, 11) is 5.50. The van der Waals surface area contributed by atoms with E-state index in [9.17, 15) is 4.79 Å². The van der Waals surface area contributed by atoms with Crippen molar-refractivity contribution in [3.8, 4) is 0 Å².